The Kier molecular flexibility index (Phi) is 6.48. The van der Waals surface area contributed by atoms with Gasteiger partial charge in [0.25, 0.3) is 0 Å². The molecule has 1 atom stereocenters. The lowest BCUT2D eigenvalue weighted by atomic mass is 9.93. The molecule has 0 aromatic heterocycles. The van der Waals surface area contributed by atoms with Gasteiger partial charge in [-0.3, -0.25) is 9.59 Å². The number of carbonyl (C=O) groups is 2. The van der Waals surface area contributed by atoms with E-state index in [9.17, 15) is 22.8 Å². The normalized spacial score (nSPS) is 18.1. The molecule has 1 aliphatic carbocycles. The van der Waals surface area contributed by atoms with Crippen molar-refractivity contribution in [2.45, 2.75) is 70.6 Å². The van der Waals surface area contributed by atoms with Gasteiger partial charge in [0.05, 0.1) is 6.42 Å². The van der Waals surface area contributed by atoms with Crippen LogP contribution in [0.15, 0.2) is 0 Å². The minimum Gasteiger partial charge on any atom is -0.345 e. The van der Waals surface area contributed by atoms with E-state index in [1.54, 1.807) is 0 Å². The summed E-state index contributed by atoms with van der Waals surface area (Å²) in [6, 6.07) is -0.942. The van der Waals surface area contributed by atoms with Crippen molar-refractivity contribution >= 4 is 11.8 Å². The van der Waals surface area contributed by atoms with Crippen molar-refractivity contribution in [1.29, 1.82) is 0 Å². The molecule has 1 rings (SSSR count). The molecule has 21 heavy (non-hydrogen) atoms. The zero-order valence-corrected chi connectivity index (χ0v) is 12.5. The summed E-state index contributed by atoms with van der Waals surface area (Å²) in [5.74, 6) is -0.795. The SMILES string of the molecule is CC(=O)N[C@@H](C)C(=O)N(CCC(F)(F)F)C1CCCCC1. The Morgan fingerprint density at radius 1 is 1.24 bits per heavy atom. The minimum absolute atomic E-state index is 0.148. The van der Waals surface area contributed by atoms with Crippen LogP contribution < -0.4 is 5.32 Å². The van der Waals surface area contributed by atoms with Gasteiger partial charge in [-0.25, -0.2) is 0 Å². The van der Waals surface area contributed by atoms with Crippen molar-refractivity contribution in [3.05, 3.63) is 0 Å². The smallest absolute Gasteiger partial charge is 0.345 e. The monoisotopic (exact) mass is 308 g/mol. The number of carbonyl (C=O) groups excluding carboxylic acids is 2. The van der Waals surface area contributed by atoms with E-state index in [0.29, 0.717) is 0 Å². The maximum absolute atomic E-state index is 12.5. The van der Waals surface area contributed by atoms with Crippen LogP contribution in [0.5, 0.6) is 0 Å². The molecule has 0 bridgehead atoms. The Hall–Kier alpha value is -1.27. The quantitative estimate of drug-likeness (QED) is 0.849. The molecule has 0 aliphatic heterocycles. The molecule has 0 unspecified atom stereocenters. The highest BCUT2D eigenvalue weighted by Crippen LogP contribution is 2.26. The van der Waals surface area contributed by atoms with E-state index in [4.69, 9.17) is 0 Å². The Morgan fingerprint density at radius 3 is 2.29 bits per heavy atom. The van der Waals surface area contributed by atoms with Crippen LogP contribution >= 0.6 is 0 Å². The van der Waals surface area contributed by atoms with E-state index in [-0.39, 0.29) is 18.5 Å². The molecule has 0 heterocycles. The lowest BCUT2D eigenvalue weighted by Gasteiger charge is -2.36. The molecule has 0 saturated heterocycles. The van der Waals surface area contributed by atoms with E-state index in [1.807, 2.05) is 0 Å². The first-order valence-electron chi connectivity index (χ1n) is 7.35. The molecule has 1 aliphatic rings. The standard InChI is InChI=1S/C14H23F3N2O2/c1-10(18-11(2)20)13(21)19(9-8-14(15,16)17)12-6-4-3-5-7-12/h10,12H,3-9H2,1-2H3,(H,18,20)/t10-/m0/s1. The number of amides is 2. The number of rotatable bonds is 5. The second-order valence-electron chi connectivity index (χ2n) is 5.61. The van der Waals surface area contributed by atoms with Crippen molar-refractivity contribution in [3.63, 3.8) is 0 Å². The van der Waals surface area contributed by atoms with E-state index in [2.05, 4.69) is 5.32 Å². The predicted molar refractivity (Wildman–Crippen MR) is 72.5 cm³/mol. The van der Waals surface area contributed by atoms with Crippen molar-refractivity contribution in [3.8, 4) is 0 Å². The Morgan fingerprint density at radius 2 is 1.81 bits per heavy atom. The first-order valence-corrected chi connectivity index (χ1v) is 7.35. The van der Waals surface area contributed by atoms with Crippen LogP contribution in [0.1, 0.15) is 52.4 Å². The van der Waals surface area contributed by atoms with E-state index in [1.165, 1.54) is 18.7 Å². The van der Waals surface area contributed by atoms with Gasteiger partial charge in [-0.05, 0) is 19.8 Å². The van der Waals surface area contributed by atoms with Gasteiger partial charge in [-0.2, -0.15) is 13.2 Å². The van der Waals surface area contributed by atoms with E-state index < -0.39 is 24.5 Å². The minimum atomic E-state index is -4.29. The molecule has 0 aromatic rings. The molecule has 2 amide bonds. The van der Waals surface area contributed by atoms with Gasteiger partial charge in [0.1, 0.15) is 6.04 Å². The largest absolute Gasteiger partial charge is 0.390 e. The highest BCUT2D eigenvalue weighted by molar-refractivity contribution is 5.86. The Labute approximate surface area is 123 Å². The van der Waals surface area contributed by atoms with E-state index >= 15 is 0 Å². The third kappa shape index (κ3) is 6.35. The van der Waals surface area contributed by atoms with Gasteiger partial charge >= 0.3 is 6.18 Å². The van der Waals surface area contributed by atoms with Gasteiger partial charge in [0.15, 0.2) is 0 Å². The van der Waals surface area contributed by atoms with Crippen LogP contribution in [0.3, 0.4) is 0 Å². The zero-order valence-electron chi connectivity index (χ0n) is 12.5. The molecule has 1 fully saturated rings. The first-order chi connectivity index (χ1) is 9.70. The molecule has 0 radical (unpaired) electrons. The predicted octanol–water partition coefficient (Wildman–Crippen LogP) is 2.62. The molecule has 4 nitrogen and oxygen atoms in total. The van der Waals surface area contributed by atoms with Gasteiger partial charge in [0.2, 0.25) is 11.8 Å². The van der Waals surface area contributed by atoms with Crippen molar-refractivity contribution in [2.75, 3.05) is 6.54 Å². The average molecular weight is 308 g/mol. The second-order valence-corrected chi connectivity index (χ2v) is 5.61. The van der Waals surface area contributed by atoms with E-state index in [0.717, 1.165) is 32.1 Å². The van der Waals surface area contributed by atoms with Gasteiger partial charge < -0.3 is 10.2 Å². The number of halogens is 3. The zero-order chi connectivity index (χ0) is 16.0. The van der Waals surface area contributed by atoms with Crippen LogP contribution in [0, 0.1) is 0 Å². The molecule has 1 N–H and O–H groups in total. The number of hydrogen-bond acceptors (Lipinski definition) is 2. The molecule has 1 saturated carbocycles. The van der Waals surface area contributed by atoms with Crippen molar-refractivity contribution in [2.24, 2.45) is 0 Å². The van der Waals surface area contributed by atoms with Crippen LogP contribution in [-0.2, 0) is 9.59 Å². The number of hydrogen-bond donors (Lipinski definition) is 1. The summed E-state index contributed by atoms with van der Waals surface area (Å²) >= 11 is 0. The fourth-order valence-electron chi connectivity index (χ4n) is 2.73. The maximum Gasteiger partial charge on any atom is 0.390 e. The van der Waals surface area contributed by atoms with Crippen molar-refractivity contribution in [1.82, 2.24) is 10.2 Å². The topological polar surface area (TPSA) is 49.4 Å². The third-order valence-electron chi connectivity index (χ3n) is 3.72. The summed E-state index contributed by atoms with van der Waals surface area (Å²) in [6.45, 7) is 2.45. The maximum atomic E-state index is 12.5. The molecular weight excluding hydrogens is 285 g/mol. The summed E-state index contributed by atoms with van der Waals surface area (Å²) in [7, 11) is 0. The van der Waals surface area contributed by atoms with Gasteiger partial charge in [0, 0.05) is 19.5 Å². The second kappa shape index (κ2) is 7.66. The Balaban J connectivity index is 2.74. The average Bonchev–Trinajstić information content (AvgIpc) is 2.37. The fourth-order valence-corrected chi connectivity index (χ4v) is 2.73. The van der Waals surface area contributed by atoms with Crippen LogP contribution in [0.25, 0.3) is 0 Å². The lowest BCUT2D eigenvalue weighted by molar-refractivity contribution is -0.150. The lowest BCUT2D eigenvalue weighted by Crippen LogP contribution is -2.51. The highest BCUT2D eigenvalue weighted by Gasteiger charge is 2.33. The van der Waals surface area contributed by atoms with Crippen LogP contribution in [0.4, 0.5) is 13.2 Å². The molecule has 0 spiro atoms. The van der Waals surface area contributed by atoms with Crippen LogP contribution in [0.2, 0.25) is 0 Å². The van der Waals surface area contributed by atoms with Crippen molar-refractivity contribution < 1.29 is 22.8 Å². The fraction of sp³-hybridized carbons (Fsp3) is 0.857. The van der Waals surface area contributed by atoms with Crippen LogP contribution in [-0.4, -0.2) is 41.5 Å². The number of nitrogens with one attached hydrogen (secondary N) is 1. The molecule has 0 aromatic carbocycles. The van der Waals surface area contributed by atoms with Gasteiger partial charge in [-0.15, -0.1) is 0 Å². The number of nitrogens with zero attached hydrogens (tertiary/aromatic N) is 1. The molecule has 7 heteroatoms. The summed E-state index contributed by atoms with van der Waals surface area (Å²) in [6.07, 6.45) is -0.928. The summed E-state index contributed by atoms with van der Waals surface area (Å²) in [5.41, 5.74) is 0. The molecule has 122 valence electrons. The summed E-state index contributed by atoms with van der Waals surface area (Å²) < 4.78 is 37.4. The number of alkyl halides is 3. The molecular formula is C14H23F3N2O2. The highest BCUT2D eigenvalue weighted by atomic mass is 19.4. The van der Waals surface area contributed by atoms with Gasteiger partial charge in [-0.1, -0.05) is 19.3 Å². The summed E-state index contributed by atoms with van der Waals surface area (Å²) in [4.78, 5) is 24.7. The summed E-state index contributed by atoms with van der Waals surface area (Å²) in [5, 5.41) is 2.45. The first kappa shape index (κ1) is 17.8. The Bertz CT molecular complexity index is 366. The third-order valence-corrected chi connectivity index (χ3v) is 3.72.